The Labute approximate surface area is 205 Å². The molecule has 0 amide bonds. The largest absolute Gasteiger partial charge is 0.478 e. The van der Waals surface area contributed by atoms with E-state index in [-0.39, 0.29) is 36.8 Å². The van der Waals surface area contributed by atoms with E-state index in [1.165, 1.54) is 24.4 Å². The molecule has 15 nitrogen and oxygen atoms in total. The first kappa shape index (κ1) is 34.2. The Morgan fingerprint density at radius 2 is 1.17 bits per heavy atom. The fraction of sp³-hybridized carbons (Fsp3) is 0.300. The molecule has 5 N–H and O–H groups in total. The number of carbonyl (C=O) groups is 4. The lowest BCUT2D eigenvalue weighted by Gasteiger charge is -2.03. The van der Waals surface area contributed by atoms with E-state index in [2.05, 4.69) is 9.97 Å². The minimum absolute atomic E-state index is 0.0811. The summed E-state index contributed by atoms with van der Waals surface area (Å²) in [5, 5.41) is 24.5. The maximum Gasteiger partial charge on any atom is 0.394 e. The number of aliphatic hydroxyl groups is 1. The molecule has 0 aliphatic rings. The van der Waals surface area contributed by atoms with Crippen LogP contribution >= 0.6 is 0 Å². The zero-order chi connectivity index (χ0) is 28.3. The zero-order valence-electron chi connectivity index (χ0n) is 19.4. The zero-order valence-corrected chi connectivity index (χ0v) is 20.2. The van der Waals surface area contributed by atoms with Crippen LogP contribution in [-0.4, -0.2) is 86.5 Å². The second kappa shape index (κ2) is 18.4. The van der Waals surface area contributed by atoms with Crippen LogP contribution < -0.4 is 0 Å². The first-order chi connectivity index (χ1) is 16.7. The number of carboxylic acids is 2. The summed E-state index contributed by atoms with van der Waals surface area (Å²) >= 11 is 0. The summed E-state index contributed by atoms with van der Waals surface area (Å²) in [4.78, 5) is 50.7. The normalized spacial score (nSPS) is 9.50. The van der Waals surface area contributed by atoms with E-state index in [1.807, 2.05) is 0 Å². The van der Waals surface area contributed by atoms with E-state index in [9.17, 15) is 19.2 Å². The first-order valence-corrected chi connectivity index (χ1v) is 11.1. The van der Waals surface area contributed by atoms with Gasteiger partial charge in [0.2, 0.25) is 0 Å². The van der Waals surface area contributed by atoms with Crippen molar-refractivity contribution in [3.05, 3.63) is 59.2 Å². The molecule has 36 heavy (non-hydrogen) atoms. The van der Waals surface area contributed by atoms with Gasteiger partial charge in [0.1, 0.15) is 11.4 Å². The number of pyridine rings is 2. The van der Waals surface area contributed by atoms with Crippen molar-refractivity contribution in [1.82, 2.24) is 9.97 Å². The van der Waals surface area contributed by atoms with Gasteiger partial charge < -0.3 is 24.8 Å². The number of rotatable bonds is 6. The van der Waals surface area contributed by atoms with Gasteiger partial charge in [-0.3, -0.25) is 9.11 Å². The van der Waals surface area contributed by atoms with Crippen molar-refractivity contribution >= 4 is 34.3 Å². The number of carboxylic acid groups (broad SMARTS) is 2. The van der Waals surface area contributed by atoms with Gasteiger partial charge >= 0.3 is 34.3 Å². The number of aliphatic hydroxyl groups excluding tert-OH is 1. The molecule has 2 aromatic rings. The maximum atomic E-state index is 11.4. The molecule has 2 rings (SSSR count). The highest BCUT2D eigenvalue weighted by Crippen LogP contribution is 2.05. The summed E-state index contributed by atoms with van der Waals surface area (Å²) in [6.45, 7) is 5.90. The molecular weight excluding hydrogens is 508 g/mol. The number of aromatic carboxylic acids is 2. The van der Waals surface area contributed by atoms with Gasteiger partial charge in [-0.2, -0.15) is 8.42 Å². The molecule has 0 spiro atoms. The van der Waals surface area contributed by atoms with E-state index in [0.717, 1.165) is 12.3 Å². The monoisotopic (exact) mass is 534 g/mol. The molecule has 0 unspecified atom stereocenters. The fourth-order valence-corrected chi connectivity index (χ4v) is 1.77. The van der Waals surface area contributed by atoms with E-state index in [1.54, 1.807) is 20.8 Å². The average molecular weight is 534 g/mol. The molecule has 0 saturated carbocycles. The highest BCUT2D eigenvalue weighted by Gasteiger charge is 2.13. The highest BCUT2D eigenvalue weighted by molar-refractivity contribution is 7.79. The van der Waals surface area contributed by atoms with Crippen LogP contribution in [0.5, 0.6) is 0 Å². The van der Waals surface area contributed by atoms with Crippen LogP contribution in [0, 0.1) is 0 Å². The maximum absolute atomic E-state index is 11.4. The predicted octanol–water partition coefficient (Wildman–Crippen LogP) is 1.26. The Balaban J connectivity index is 0. The van der Waals surface area contributed by atoms with Crippen molar-refractivity contribution in [3.63, 3.8) is 0 Å². The Morgan fingerprint density at radius 1 is 0.778 bits per heavy atom. The van der Waals surface area contributed by atoms with Crippen molar-refractivity contribution in [2.45, 2.75) is 20.8 Å². The summed E-state index contributed by atoms with van der Waals surface area (Å²) < 4.78 is 41.2. The van der Waals surface area contributed by atoms with Gasteiger partial charge in [0.15, 0.2) is 0 Å². The van der Waals surface area contributed by atoms with Gasteiger partial charge in [-0.05, 0) is 45.0 Å². The molecule has 0 atom stereocenters. The van der Waals surface area contributed by atoms with Gasteiger partial charge in [-0.15, -0.1) is 0 Å². The number of ether oxygens (including phenoxy) is 2. The third kappa shape index (κ3) is 17.5. The van der Waals surface area contributed by atoms with Gasteiger partial charge in [-0.25, -0.2) is 29.1 Å². The molecule has 16 heteroatoms. The molecule has 0 radical (unpaired) electrons. The van der Waals surface area contributed by atoms with E-state index < -0.39 is 34.3 Å². The standard InChI is InChI=1S/C11H13NO4.C7H5NO4.C2H6O.H2O4S/c1-3-15-10(13)8-5-6-12-9(7-8)11(14)16-4-2;9-6(10)4-1-2-8-5(3-4)7(11)12;1-2-3;1-5(2,3)4/h5-7H,3-4H2,1-2H3;1-3H,(H,9,10)(H,11,12);3H,2H2,1H3;(H2,1,2,3,4). The smallest absolute Gasteiger partial charge is 0.394 e. The lowest BCUT2D eigenvalue weighted by Crippen LogP contribution is -2.10. The van der Waals surface area contributed by atoms with Gasteiger partial charge in [-0.1, -0.05) is 0 Å². The van der Waals surface area contributed by atoms with E-state index >= 15 is 0 Å². The molecule has 0 saturated heterocycles. The number of hydrogen-bond donors (Lipinski definition) is 5. The number of nitrogens with zero attached hydrogens (tertiary/aromatic N) is 2. The average Bonchev–Trinajstić information content (AvgIpc) is 2.79. The molecule has 200 valence electrons. The Bertz CT molecular complexity index is 1030. The lowest BCUT2D eigenvalue weighted by atomic mass is 10.2. The number of carbonyl (C=O) groups excluding carboxylic acids is 2. The first-order valence-electron chi connectivity index (χ1n) is 9.75. The van der Waals surface area contributed by atoms with Crippen molar-refractivity contribution in [2.75, 3.05) is 19.8 Å². The quantitative estimate of drug-likeness (QED) is 0.258. The van der Waals surface area contributed by atoms with Gasteiger partial charge in [0.25, 0.3) is 0 Å². The summed E-state index contributed by atoms with van der Waals surface area (Å²) in [7, 11) is -4.67. The van der Waals surface area contributed by atoms with Crippen molar-refractivity contribution in [3.8, 4) is 0 Å². The molecule has 2 aromatic heterocycles. The van der Waals surface area contributed by atoms with Crippen LogP contribution in [0.4, 0.5) is 0 Å². The van der Waals surface area contributed by atoms with Gasteiger partial charge in [0.05, 0.1) is 24.3 Å². The van der Waals surface area contributed by atoms with Crippen LogP contribution in [0.25, 0.3) is 0 Å². The molecular formula is C20H26N2O13S. The van der Waals surface area contributed by atoms with Crippen LogP contribution in [0.15, 0.2) is 36.7 Å². The third-order valence-corrected chi connectivity index (χ3v) is 2.98. The minimum Gasteiger partial charge on any atom is -0.478 e. The minimum atomic E-state index is -4.67. The molecule has 0 aromatic carbocycles. The lowest BCUT2D eigenvalue weighted by molar-refractivity contribution is 0.0517. The van der Waals surface area contributed by atoms with Crippen LogP contribution in [0.3, 0.4) is 0 Å². The van der Waals surface area contributed by atoms with Crippen molar-refractivity contribution in [1.29, 1.82) is 0 Å². The Hall–Kier alpha value is -3.99. The van der Waals surface area contributed by atoms with E-state index in [0.29, 0.717) is 5.56 Å². The number of hydrogen-bond acceptors (Lipinski definition) is 11. The molecule has 2 heterocycles. The molecule has 0 aliphatic heterocycles. The highest BCUT2D eigenvalue weighted by atomic mass is 32.3. The summed E-state index contributed by atoms with van der Waals surface area (Å²) in [5.74, 6) is -3.43. The predicted molar refractivity (Wildman–Crippen MR) is 121 cm³/mol. The summed E-state index contributed by atoms with van der Waals surface area (Å²) in [6.07, 6.45) is 2.52. The third-order valence-electron chi connectivity index (χ3n) is 2.98. The SMILES string of the molecule is CCO.CCOC(=O)c1ccnc(C(=O)OCC)c1.O=C(O)c1ccnc(C(=O)O)c1.O=S(=O)(O)O. The second-order valence-electron chi connectivity index (χ2n) is 5.67. The Morgan fingerprint density at radius 3 is 1.58 bits per heavy atom. The number of esters is 2. The topological polar surface area (TPSA) is 248 Å². The van der Waals surface area contributed by atoms with Crippen molar-refractivity contribution < 1.29 is 61.5 Å². The fourth-order valence-electron chi connectivity index (χ4n) is 1.77. The van der Waals surface area contributed by atoms with Gasteiger partial charge in [0, 0.05) is 19.0 Å². The molecule has 0 aliphatic carbocycles. The van der Waals surface area contributed by atoms with Crippen LogP contribution in [-0.2, 0) is 19.9 Å². The van der Waals surface area contributed by atoms with Crippen molar-refractivity contribution in [2.24, 2.45) is 0 Å². The summed E-state index contributed by atoms with van der Waals surface area (Å²) in [6, 6.07) is 5.08. The molecule has 0 fully saturated rings. The second-order valence-corrected chi connectivity index (χ2v) is 6.57. The molecule has 0 bridgehead atoms. The summed E-state index contributed by atoms with van der Waals surface area (Å²) in [5.41, 5.74) is 0.0459. The van der Waals surface area contributed by atoms with Crippen LogP contribution in [0.2, 0.25) is 0 Å². The van der Waals surface area contributed by atoms with Crippen LogP contribution in [0.1, 0.15) is 62.5 Å². The van der Waals surface area contributed by atoms with E-state index in [4.69, 9.17) is 42.3 Å². The number of aromatic nitrogens is 2. The Kier molecular flexibility index (Phi) is 17.4.